The van der Waals surface area contributed by atoms with Crippen LogP contribution in [0.2, 0.25) is 0 Å². The molecule has 1 aromatic rings. The summed E-state index contributed by atoms with van der Waals surface area (Å²) in [6.07, 6.45) is 0. The van der Waals surface area contributed by atoms with Gasteiger partial charge in [0.1, 0.15) is 5.75 Å². The van der Waals surface area contributed by atoms with Gasteiger partial charge in [0.2, 0.25) is 0 Å². The van der Waals surface area contributed by atoms with Gasteiger partial charge in [-0.1, -0.05) is 0 Å². The Balaban J connectivity index is 3.13. The van der Waals surface area contributed by atoms with Crippen LogP contribution in [0.5, 0.6) is 5.75 Å². The Morgan fingerprint density at radius 3 is 2.75 bits per heavy atom. The van der Waals surface area contributed by atoms with Crippen LogP contribution in [0.1, 0.15) is 10.4 Å². The first-order chi connectivity index (χ1) is 5.65. The monoisotopic (exact) mass is 166 g/mol. The summed E-state index contributed by atoms with van der Waals surface area (Å²) in [5.41, 5.74) is 7.60. The molecule has 1 aromatic carbocycles. The Hall–Kier alpha value is -1.71. The number of carboxylic acid groups (broad SMARTS) is 1. The van der Waals surface area contributed by atoms with Crippen LogP contribution in [0.3, 0.4) is 0 Å². The van der Waals surface area contributed by atoms with E-state index in [1.807, 2.05) is 0 Å². The van der Waals surface area contributed by atoms with Crippen LogP contribution in [0.4, 0.5) is 5.69 Å². The van der Waals surface area contributed by atoms with Crippen LogP contribution in [-0.4, -0.2) is 18.2 Å². The van der Waals surface area contributed by atoms with E-state index in [-0.39, 0.29) is 17.0 Å². The summed E-state index contributed by atoms with van der Waals surface area (Å²) in [6.45, 7) is 0. The van der Waals surface area contributed by atoms with Gasteiger partial charge >= 0.3 is 5.97 Å². The molecule has 63 valence electrons. The fourth-order valence-electron chi connectivity index (χ4n) is 0.824. The molecule has 0 heterocycles. The second-order valence-corrected chi connectivity index (χ2v) is 2.22. The highest BCUT2D eigenvalue weighted by Gasteiger charge is 2.06. The van der Waals surface area contributed by atoms with Gasteiger partial charge in [0.15, 0.2) is 0 Å². The first kappa shape index (κ1) is 8.39. The van der Waals surface area contributed by atoms with Crippen molar-refractivity contribution >= 4 is 11.7 Å². The van der Waals surface area contributed by atoms with Crippen LogP contribution in [0.15, 0.2) is 18.2 Å². The predicted octanol–water partition coefficient (Wildman–Crippen LogP) is 1.31. The highest BCUT2D eigenvalue weighted by atomic mass is 16.5. The molecular formula is C8H8NO3. The molecule has 4 nitrogen and oxygen atoms in total. The second-order valence-electron chi connectivity index (χ2n) is 2.22. The van der Waals surface area contributed by atoms with Gasteiger partial charge in [-0.25, -0.2) is 4.79 Å². The molecule has 12 heavy (non-hydrogen) atoms. The summed E-state index contributed by atoms with van der Waals surface area (Å²) in [5, 5.41) is 8.58. The molecule has 0 aliphatic heterocycles. The number of aromatic carboxylic acids is 1. The third kappa shape index (κ3) is 1.47. The molecule has 0 atom stereocenters. The van der Waals surface area contributed by atoms with E-state index in [4.69, 9.17) is 15.6 Å². The number of hydrogen-bond donors (Lipinski definition) is 1. The molecule has 0 aliphatic rings. The molecule has 0 fully saturated rings. The molecule has 0 saturated heterocycles. The number of benzene rings is 1. The molecule has 1 rings (SSSR count). The molecule has 0 unspecified atom stereocenters. The van der Waals surface area contributed by atoms with Gasteiger partial charge in [-0.15, -0.1) is 0 Å². The van der Waals surface area contributed by atoms with E-state index in [0.717, 1.165) is 0 Å². The normalized spacial score (nSPS) is 9.42. The maximum Gasteiger partial charge on any atom is 0.335 e. The fraction of sp³-hybridized carbons (Fsp3) is 0.125. The Labute approximate surface area is 69.6 Å². The van der Waals surface area contributed by atoms with Gasteiger partial charge in [-0.2, -0.15) is 0 Å². The summed E-state index contributed by atoms with van der Waals surface area (Å²) in [4.78, 5) is 10.5. The van der Waals surface area contributed by atoms with Gasteiger partial charge in [0.05, 0.1) is 18.4 Å². The molecule has 0 amide bonds. The molecule has 2 N–H and O–H groups in total. The van der Waals surface area contributed by atoms with Gasteiger partial charge < -0.3 is 9.84 Å². The summed E-state index contributed by atoms with van der Waals surface area (Å²) in [6, 6.07) is 4.08. The predicted molar refractivity (Wildman–Crippen MR) is 42.7 cm³/mol. The molecular weight excluding hydrogens is 158 g/mol. The number of rotatable bonds is 2. The minimum atomic E-state index is -1.02. The minimum Gasteiger partial charge on any atom is -0.494 e. The van der Waals surface area contributed by atoms with E-state index in [1.165, 1.54) is 25.3 Å². The van der Waals surface area contributed by atoms with Crippen molar-refractivity contribution in [2.24, 2.45) is 0 Å². The molecule has 0 spiro atoms. The lowest BCUT2D eigenvalue weighted by molar-refractivity contribution is 0.0696. The number of carbonyl (C=O) groups is 1. The number of hydrogen-bond acceptors (Lipinski definition) is 2. The summed E-state index contributed by atoms with van der Waals surface area (Å²) >= 11 is 0. The third-order valence-corrected chi connectivity index (χ3v) is 1.45. The number of carboxylic acids is 1. The summed E-state index contributed by atoms with van der Waals surface area (Å²) in [7, 11) is 1.40. The van der Waals surface area contributed by atoms with Crippen LogP contribution in [0.25, 0.3) is 0 Å². The van der Waals surface area contributed by atoms with Crippen molar-refractivity contribution in [2.75, 3.05) is 7.11 Å². The average Bonchev–Trinajstić information content (AvgIpc) is 2.05. The topological polar surface area (TPSA) is 70.3 Å². The maximum atomic E-state index is 10.5. The fourth-order valence-corrected chi connectivity index (χ4v) is 0.824. The van der Waals surface area contributed by atoms with Gasteiger partial charge in [0.25, 0.3) is 0 Å². The van der Waals surface area contributed by atoms with E-state index < -0.39 is 5.97 Å². The number of nitrogens with one attached hydrogen (secondary N) is 1. The quantitative estimate of drug-likeness (QED) is 0.719. The maximum absolute atomic E-state index is 10.5. The first-order valence-electron chi connectivity index (χ1n) is 3.28. The van der Waals surface area contributed by atoms with E-state index >= 15 is 0 Å². The van der Waals surface area contributed by atoms with Gasteiger partial charge in [-0.05, 0) is 18.2 Å². The van der Waals surface area contributed by atoms with Crippen LogP contribution in [-0.2, 0) is 0 Å². The molecule has 0 saturated carbocycles. The van der Waals surface area contributed by atoms with Crippen LogP contribution in [0, 0.1) is 0 Å². The zero-order valence-corrected chi connectivity index (χ0v) is 6.50. The molecule has 0 aromatic heterocycles. The van der Waals surface area contributed by atoms with Crippen molar-refractivity contribution in [2.45, 2.75) is 0 Å². The zero-order valence-electron chi connectivity index (χ0n) is 6.50. The van der Waals surface area contributed by atoms with Gasteiger partial charge in [0, 0.05) is 0 Å². The average molecular weight is 166 g/mol. The Morgan fingerprint density at radius 1 is 1.58 bits per heavy atom. The summed E-state index contributed by atoms with van der Waals surface area (Å²) < 4.78 is 4.78. The number of methoxy groups -OCH3 is 1. The van der Waals surface area contributed by atoms with Crippen molar-refractivity contribution in [1.29, 1.82) is 0 Å². The van der Waals surface area contributed by atoms with E-state index in [1.54, 1.807) is 0 Å². The van der Waals surface area contributed by atoms with E-state index in [9.17, 15) is 4.79 Å². The van der Waals surface area contributed by atoms with Crippen molar-refractivity contribution in [1.82, 2.24) is 5.73 Å². The van der Waals surface area contributed by atoms with Crippen molar-refractivity contribution in [3.05, 3.63) is 23.8 Å². The Kier molecular flexibility index (Phi) is 2.19. The van der Waals surface area contributed by atoms with Crippen LogP contribution < -0.4 is 10.5 Å². The van der Waals surface area contributed by atoms with Crippen molar-refractivity contribution in [3.63, 3.8) is 0 Å². The lowest BCUT2D eigenvalue weighted by Gasteiger charge is -2.03. The standard InChI is InChI=1S/C8H8NO3/c1-12-7-4-5(8(10)11)2-3-6(7)9/h2-4,9H,1H3,(H,10,11). The van der Waals surface area contributed by atoms with Crippen molar-refractivity contribution in [3.8, 4) is 5.75 Å². The van der Waals surface area contributed by atoms with E-state index in [0.29, 0.717) is 0 Å². The molecule has 1 radical (unpaired) electrons. The first-order valence-corrected chi connectivity index (χ1v) is 3.28. The Morgan fingerprint density at radius 2 is 2.25 bits per heavy atom. The summed E-state index contributed by atoms with van der Waals surface area (Å²) in [5.74, 6) is -0.747. The highest BCUT2D eigenvalue weighted by Crippen LogP contribution is 2.23. The second kappa shape index (κ2) is 3.13. The molecule has 0 aliphatic carbocycles. The minimum absolute atomic E-state index is 0.128. The highest BCUT2D eigenvalue weighted by molar-refractivity contribution is 5.88. The SMILES string of the molecule is COc1cc(C(=O)O)ccc1[NH]. The van der Waals surface area contributed by atoms with Crippen LogP contribution >= 0.6 is 0 Å². The largest absolute Gasteiger partial charge is 0.494 e. The smallest absolute Gasteiger partial charge is 0.335 e. The lowest BCUT2D eigenvalue weighted by Crippen LogP contribution is -1.96. The number of ether oxygens (including phenoxy) is 1. The third-order valence-electron chi connectivity index (χ3n) is 1.45. The lowest BCUT2D eigenvalue weighted by atomic mass is 10.2. The van der Waals surface area contributed by atoms with Gasteiger partial charge in [-0.3, -0.25) is 5.73 Å². The van der Waals surface area contributed by atoms with Crippen molar-refractivity contribution < 1.29 is 14.6 Å². The molecule has 0 bridgehead atoms. The molecule has 4 heteroatoms. The Bertz CT molecular complexity index is 309. The van der Waals surface area contributed by atoms with E-state index in [2.05, 4.69) is 0 Å². The zero-order chi connectivity index (χ0) is 9.14.